The van der Waals surface area contributed by atoms with Crippen molar-refractivity contribution in [3.63, 3.8) is 0 Å². The van der Waals surface area contributed by atoms with Crippen LogP contribution in [0.4, 0.5) is 0 Å². The van der Waals surface area contributed by atoms with Crippen molar-refractivity contribution in [3.8, 4) is 5.75 Å². The maximum absolute atomic E-state index is 12.1. The van der Waals surface area contributed by atoms with Gasteiger partial charge in [-0.05, 0) is 18.2 Å². The van der Waals surface area contributed by atoms with E-state index in [4.69, 9.17) is 16.3 Å². The molecule has 4 nitrogen and oxygen atoms in total. The van der Waals surface area contributed by atoms with Gasteiger partial charge in [-0.25, -0.2) is 4.79 Å². The molecule has 88 valence electrons. The number of methoxy groups -OCH3 is 1. The van der Waals surface area contributed by atoms with E-state index >= 15 is 0 Å². The maximum Gasteiger partial charge on any atom is 0.351 e. The van der Waals surface area contributed by atoms with Gasteiger partial charge in [-0.2, -0.15) is 0 Å². The number of halogens is 1. The van der Waals surface area contributed by atoms with Gasteiger partial charge in [-0.3, -0.25) is 4.79 Å². The van der Waals surface area contributed by atoms with Gasteiger partial charge in [0, 0.05) is 11.4 Å². The molecule has 5 heteroatoms. The van der Waals surface area contributed by atoms with Crippen molar-refractivity contribution >= 4 is 23.4 Å². The molecule has 2 aliphatic rings. The molecule has 0 amide bonds. The fraction of sp³-hybridized carbons (Fsp3) is 0.333. The quantitative estimate of drug-likeness (QED) is 0.716. The number of benzene rings is 1. The molecule has 1 aromatic rings. The van der Waals surface area contributed by atoms with Gasteiger partial charge in [-0.15, -0.1) is 0 Å². The van der Waals surface area contributed by atoms with Gasteiger partial charge in [0.05, 0.1) is 18.6 Å². The van der Waals surface area contributed by atoms with E-state index in [9.17, 15) is 9.59 Å². The monoisotopic (exact) mass is 252 g/mol. The lowest BCUT2D eigenvalue weighted by atomic mass is 10.0. The molecule has 2 atom stereocenters. The number of carbonyl (C=O) groups excluding carboxylic acids is 2. The topological polar surface area (TPSA) is 52.6 Å². The van der Waals surface area contributed by atoms with Gasteiger partial charge in [-0.1, -0.05) is 11.6 Å². The molecule has 1 aromatic carbocycles. The van der Waals surface area contributed by atoms with Crippen LogP contribution in [0.1, 0.15) is 16.8 Å². The first kappa shape index (κ1) is 10.6. The minimum absolute atomic E-state index is 0.0980. The summed E-state index contributed by atoms with van der Waals surface area (Å²) in [6, 6.07) is 4.80. The first-order valence-electron chi connectivity index (χ1n) is 5.20. The number of carbonyl (C=O) groups is 2. The van der Waals surface area contributed by atoms with Gasteiger partial charge >= 0.3 is 5.97 Å². The van der Waals surface area contributed by atoms with Gasteiger partial charge in [0.25, 0.3) is 0 Å². The summed E-state index contributed by atoms with van der Waals surface area (Å²) < 4.78 is 10.3. The van der Waals surface area contributed by atoms with Crippen LogP contribution in [0.2, 0.25) is 5.02 Å². The number of ketones is 1. The van der Waals surface area contributed by atoms with E-state index in [2.05, 4.69) is 4.74 Å². The predicted octanol–water partition coefficient (Wildman–Crippen LogP) is 1.85. The molecular weight excluding hydrogens is 244 g/mol. The lowest BCUT2D eigenvalue weighted by molar-refractivity contribution is -0.151. The van der Waals surface area contributed by atoms with E-state index in [-0.39, 0.29) is 5.78 Å². The van der Waals surface area contributed by atoms with E-state index in [1.807, 2.05) is 0 Å². The van der Waals surface area contributed by atoms with Crippen LogP contribution >= 0.6 is 11.6 Å². The van der Waals surface area contributed by atoms with E-state index in [0.29, 0.717) is 22.8 Å². The van der Waals surface area contributed by atoms with Crippen LogP contribution in [0.25, 0.3) is 0 Å². The summed E-state index contributed by atoms with van der Waals surface area (Å²) in [5.41, 5.74) is -0.647. The molecule has 0 unspecified atom stereocenters. The van der Waals surface area contributed by atoms with Crippen LogP contribution in [-0.2, 0) is 9.53 Å². The first-order valence-corrected chi connectivity index (χ1v) is 5.57. The Morgan fingerprint density at radius 1 is 1.59 bits per heavy atom. The standard InChI is InChI=1S/C12H9ClO4/c1-16-11(15)12-5-8(12)10(14)7-4-6(13)2-3-9(7)17-12/h2-4,8H,5H2,1H3/t8-,12+/m1/s1. The SMILES string of the molecule is COC(=O)[C@]12C[C@@H]1C(=O)c1cc(Cl)ccc1O2. The fourth-order valence-electron chi connectivity index (χ4n) is 2.27. The number of ether oxygens (including phenoxy) is 2. The number of Topliss-reactive ketones (excluding diaryl/α,β-unsaturated/α-hetero) is 1. The highest BCUT2D eigenvalue weighted by Gasteiger charge is 2.70. The van der Waals surface area contributed by atoms with Crippen molar-refractivity contribution in [3.05, 3.63) is 28.8 Å². The summed E-state index contributed by atoms with van der Waals surface area (Å²) in [7, 11) is 1.29. The summed E-state index contributed by atoms with van der Waals surface area (Å²) in [6.07, 6.45) is 0.380. The van der Waals surface area contributed by atoms with E-state index in [1.165, 1.54) is 7.11 Å². The summed E-state index contributed by atoms with van der Waals surface area (Å²) in [6.45, 7) is 0. The molecule has 1 fully saturated rings. The van der Waals surface area contributed by atoms with Gasteiger partial charge in [0.15, 0.2) is 5.78 Å². The summed E-state index contributed by atoms with van der Waals surface area (Å²) >= 11 is 5.83. The molecule has 0 spiro atoms. The third-order valence-electron chi connectivity index (χ3n) is 3.26. The molecule has 1 aliphatic carbocycles. The summed E-state index contributed by atoms with van der Waals surface area (Å²) in [5, 5.41) is 0.479. The molecule has 1 aliphatic heterocycles. The van der Waals surface area contributed by atoms with Crippen molar-refractivity contribution in [1.29, 1.82) is 0 Å². The molecule has 17 heavy (non-hydrogen) atoms. The minimum atomic E-state index is -1.09. The highest BCUT2D eigenvalue weighted by Crippen LogP contribution is 2.54. The smallest absolute Gasteiger partial charge is 0.351 e. The van der Waals surface area contributed by atoms with E-state index < -0.39 is 17.5 Å². The first-order chi connectivity index (χ1) is 8.08. The molecule has 0 N–H and O–H groups in total. The zero-order chi connectivity index (χ0) is 12.2. The van der Waals surface area contributed by atoms with Crippen molar-refractivity contribution in [1.82, 2.24) is 0 Å². The Morgan fingerprint density at radius 3 is 3.06 bits per heavy atom. The lowest BCUT2D eigenvalue weighted by Crippen LogP contribution is -2.38. The Labute approximate surface area is 102 Å². The summed E-state index contributed by atoms with van der Waals surface area (Å²) in [4.78, 5) is 23.7. The molecule has 0 bridgehead atoms. The Morgan fingerprint density at radius 2 is 2.35 bits per heavy atom. The van der Waals surface area contributed by atoms with Crippen molar-refractivity contribution in [2.24, 2.45) is 5.92 Å². The lowest BCUT2D eigenvalue weighted by Gasteiger charge is -2.23. The number of hydrogen-bond donors (Lipinski definition) is 0. The third kappa shape index (κ3) is 1.30. The number of fused-ring (bicyclic) bond motifs is 2. The zero-order valence-electron chi connectivity index (χ0n) is 9.03. The Hall–Kier alpha value is -1.55. The molecular formula is C12H9ClO4. The normalized spacial score (nSPS) is 28.8. The zero-order valence-corrected chi connectivity index (χ0v) is 9.78. The number of rotatable bonds is 1. The molecule has 1 heterocycles. The van der Waals surface area contributed by atoms with Crippen molar-refractivity contribution in [2.75, 3.05) is 7.11 Å². The second-order valence-corrected chi connectivity index (χ2v) is 4.68. The number of esters is 1. The van der Waals surface area contributed by atoms with Gasteiger partial charge < -0.3 is 9.47 Å². The Bertz CT molecular complexity index is 539. The van der Waals surface area contributed by atoms with E-state index in [1.54, 1.807) is 18.2 Å². The highest BCUT2D eigenvalue weighted by molar-refractivity contribution is 6.31. The van der Waals surface area contributed by atoms with Crippen LogP contribution in [0.5, 0.6) is 5.75 Å². The highest BCUT2D eigenvalue weighted by atomic mass is 35.5. The maximum atomic E-state index is 12.1. The van der Waals surface area contributed by atoms with Crippen LogP contribution in [-0.4, -0.2) is 24.5 Å². The van der Waals surface area contributed by atoms with Gasteiger partial charge in [0.2, 0.25) is 5.60 Å². The summed E-state index contributed by atoms with van der Waals surface area (Å²) in [5.74, 6) is -0.616. The average Bonchev–Trinajstić information content (AvgIpc) is 3.06. The third-order valence-corrected chi connectivity index (χ3v) is 3.49. The molecule has 0 aromatic heterocycles. The largest absolute Gasteiger partial charge is 0.474 e. The Kier molecular flexibility index (Phi) is 2.01. The second kappa shape index (κ2) is 3.23. The Balaban J connectivity index is 2.06. The molecule has 3 rings (SSSR count). The van der Waals surface area contributed by atoms with E-state index in [0.717, 1.165) is 0 Å². The van der Waals surface area contributed by atoms with Crippen LogP contribution in [0.15, 0.2) is 18.2 Å². The molecule has 1 saturated carbocycles. The van der Waals surface area contributed by atoms with Crippen LogP contribution < -0.4 is 4.74 Å². The molecule has 0 radical (unpaired) electrons. The van der Waals surface area contributed by atoms with Crippen LogP contribution in [0.3, 0.4) is 0 Å². The fourth-order valence-corrected chi connectivity index (χ4v) is 2.44. The predicted molar refractivity (Wildman–Crippen MR) is 59.3 cm³/mol. The average molecular weight is 253 g/mol. The minimum Gasteiger partial charge on any atom is -0.474 e. The van der Waals surface area contributed by atoms with Crippen molar-refractivity contribution < 1.29 is 19.1 Å². The number of hydrogen-bond acceptors (Lipinski definition) is 4. The van der Waals surface area contributed by atoms with Crippen molar-refractivity contribution in [2.45, 2.75) is 12.0 Å². The molecule has 0 saturated heterocycles. The second-order valence-electron chi connectivity index (χ2n) is 4.24. The van der Waals surface area contributed by atoms with Crippen LogP contribution in [0, 0.1) is 5.92 Å². The van der Waals surface area contributed by atoms with Gasteiger partial charge in [0.1, 0.15) is 5.75 Å².